The second-order valence-corrected chi connectivity index (χ2v) is 12.8. The zero-order valence-corrected chi connectivity index (χ0v) is 28.1. The van der Waals surface area contributed by atoms with Crippen molar-refractivity contribution in [3.63, 3.8) is 0 Å². The summed E-state index contributed by atoms with van der Waals surface area (Å²) in [5.41, 5.74) is 0. The molecule has 0 spiro atoms. The molecule has 0 aromatic heterocycles. The van der Waals surface area contributed by atoms with E-state index in [1.54, 1.807) is 0 Å². The van der Waals surface area contributed by atoms with E-state index in [1.165, 1.54) is 38.5 Å². The number of carboxylic acid groups (broad SMARTS) is 1. The van der Waals surface area contributed by atoms with Crippen LogP contribution < -0.4 is 5.32 Å². The van der Waals surface area contributed by atoms with Crippen LogP contribution >= 0.6 is 7.82 Å². The smallest absolute Gasteiger partial charge is 0.472 e. The number of allylic oxidation sites excluding steroid dienone is 2. The third-order valence-electron chi connectivity index (χ3n) is 7.05. The number of amides is 1. The second-order valence-electron chi connectivity index (χ2n) is 11.4. The quantitative estimate of drug-likeness (QED) is 0.0266. The fraction of sp³-hybridized carbons (Fsp3) is 0.844. The van der Waals surface area contributed by atoms with E-state index in [0.717, 1.165) is 64.2 Å². The molecule has 3 unspecified atom stereocenters. The van der Waals surface area contributed by atoms with E-state index in [1.807, 2.05) is 0 Å². The number of nitrogens with one attached hydrogen (secondary N) is 1. The van der Waals surface area contributed by atoms with Gasteiger partial charge in [-0.2, -0.15) is 0 Å². The standard InChI is InChI=1S/C32H60NO10P/c1-3-5-7-9-10-11-12-13-14-15-16-17-18-20-21-23-30(35)33-29(32(37)38)27-43-44(39,40)42-26-28(34)25-41-31(36)24-22-19-8-6-4-2/h13-14,28-29,34H,3-12,15-27H2,1-2H3,(H,33,35)(H,37,38)(H,39,40)/b14-13-. The van der Waals surface area contributed by atoms with Crippen molar-refractivity contribution in [3.05, 3.63) is 12.2 Å². The highest BCUT2D eigenvalue weighted by molar-refractivity contribution is 7.47. The first kappa shape index (κ1) is 42.2. The molecule has 11 nitrogen and oxygen atoms in total. The number of hydrogen-bond donors (Lipinski definition) is 4. The van der Waals surface area contributed by atoms with Crippen molar-refractivity contribution in [1.29, 1.82) is 0 Å². The lowest BCUT2D eigenvalue weighted by atomic mass is 10.1. The number of phosphoric ester groups is 1. The molecule has 0 aliphatic heterocycles. The molecule has 0 radical (unpaired) electrons. The van der Waals surface area contributed by atoms with Gasteiger partial charge >= 0.3 is 19.8 Å². The Labute approximate surface area is 265 Å². The van der Waals surface area contributed by atoms with E-state index in [4.69, 9.17) is 9.26 Å². The van der Waals surface area contributed by atoms with Gasteiger partial charge < -0.3 is 25.2 Å². The molecule has 0 aliphatic carbocycles. The molecule has 1 amide bonds. The summed E-state index contributed by atoms with van der Waals surface area (Å²) in [6, 6.07) is -1.54. The summed E-state index contributed by atoms with van der Waals surface area (Å²) in [5.74, 6) is -2.40. The summed E-state index contributed by atoms with van der Waals surface area (Å²) in [7, 11) is -4.73. The van der Waals surface area contributed by atoms with Crippen molar-refractivity contribution in [2.24, 2.45) is 0 Å². The Morgan fingerprint density at radius 2 is 1.18 bits per heavy atom. The van der Waals surface area contributed by atoms with Gasteiger partial charge in [0.05, 0.1) is 13.2 Å². The molecule has 258 valence electrons. The zero-order chi connectivity index (χ0) is 32.9. The minimum absolute atomic E-state index is 0.138. The number of unbranched alkanes of at least 4 members (excludes halogenated alkanes) is 15. The summed E-state index contributed by atoms with van der Waals surface area (Å²) in [4.78, 5) is 45.2. The summed E-state index contributed by atoms with van der Waals surface area (Å²) >= 11 is 0. The number of carbonyl (C=O) groups is 3. The van der Waals surface area contributed by atoms with Crippen molar-refractivity contribution in [2.75, 3.05) is 19.8 Å². The maximum absolute atomic E-state index is 12.2. The second kappa shape index (κ2) is 28.7. The molecule has 0 bridgehead atoms. The lowest BCUT2D eigenvalue weighted by Crippen LogP contribution is -2.43. The summed E-state index contributed by atoms with van der Waals surface area (Å²) in [6.07, 6.45) is 23.0. The minimum Gasteiger partial charge on any atom is -0.480 e. The molecular formula is C32H60NO10P. The molecule has 0 fully saturated rings. The van der Waals surface area contributed by atoms with Crippen LogP contribution in [0.2, 0.25) is 0 Å². The average Bonchev–Trinajstić information content (AvgIpc) is 2.98. The Kier molecular flexibility index (Phi) is 27.5. The van der Waals surface area contributed by atoms with E-state index < -0.39 is 57.6 Å². The number of aliphatic hydroxyl groups is 1. The van der Waals surface area contributed by atoms with E-state index >= 15 is 0 Å². The molecule has 0 rings (SSSR count). The number of aliphatic hydroxyl groups excluding tert-OH is 1. The number of rotatable bonds is 31. The summed E-state index contributed by atoms with van der Waals surface area (Å²) in [6.45, 7) is 2.43. The highest BCUT2D eigenvalue weighted by Crippen LogP contribution is 2.43. The van der Waals surface area contributed by atoms with Gasteiger partial charge in [0.2, 0.25) is 5.91 Å². The van der Waals surface area contributed by atoms with Crippen LogP contribution in [-0.2, 0) is 32.7 Å². The SMILES string of the molecule is CCCCCCCC/C=C\CCCCCCCC(=O)NC(COP(=O)(O)OCC(O)COC(=O)CCCCCCC)C(=O)O. The number of hydrogen-bond acceptors (Lipinski definition) is 8. The molecule has 44 heavy (non-hydrogen) atoms. The Morgan fingerprint density at radius 1 is 0.705 bits per heavy atom. The van der Waals surface area contributed by atoms with Crippen molar-refractivity contribution >= 4 is 25.7 Å². The molecule has 0 saturated heterocycles. The van der Waals surface area contributed by atoms with Crippen LogP contribution in [0.5, 0.6) is 0 Å². The van der Waals surface area contributed by atoms with E-state index in [9.17, 15) is 34.1 Å². The van der Waals surface area contributed by atoms with Crippen molar-refractivity contribution in [3.8, 4) is 0 Å². The Hall–Kier alpha value is -1.78. The largest absolute Gasteiger partial charge is 0.480 e. The number of aliphatic carboxylic acids is 1. The first-order chi connectivity index (χ1) is 21.1. The van der Waals surface area contributed by atoms with E-state index in [-0.39, 0.29) is 12.8 Å². The van der Waals surface area contributed by atoms with E-state index in [2.05, 4.69) is 35.8 Å². The molecule has 0 heterocycles. The van der Waals surface area contributed by atoms with Gasteiger partial charge in [-0.25, -0.2) is 9.36 Å². The van der Waals surface area contributed by atoms with Crippen LogP contribution in [-0.4, -0.2) is 64.9 Å². The highest BCUT2D eigenvalue weighted by atomic mass is 31.2. The molecule has 4 N–H and O–H groups in total. The van der Waals surface area contributed by atoms with Gasteiger partial charge in [-0.3, -0.25) is 18.6 Å². The lowest BCUT2D eigenvalue weighted by Gasteiger charge is -2.18. The Bertz CT molecular complexity index is 823. The monoisotopic (exact) mass is 649 g/mol. The van der Waals surface area contributed by atoms with Crippen molar-refractivity contribution in [1.82, 2.24) is 5.32 Å². The van der Waals surface area contributed by atoms with Gasteiger partial charge in [0.15, 0.2) is 6.04 Å². The molecule has 0 aromatic carbocycles. The molecule has 0 aliphatic rings. The number of carbonyl (C=O) groups excluding carboxylic acids is 2. The fourth-order valence-corrected chi connectivity index (χ4v) is 5.14. The van der Waals surface area contributed by atoms with E-state index in [0.29, 0.717) is 12.8 Å². The van der Waals surface area contributed by atoms with Crippen molar-refractivity contribution in [2.45, 2.75) is 154 Å². The summed E-state index contributed by atoms with van der Waals surface area (Å²) < 4.78 is 26.4. The van der Waals surface area contributed by atoms with Crippen LogP contribution in [0.4, 0.5) is 0 Å². The van der Waals surface area contributed by atoms with Gasteiger partial charge in [-0.1, -0.05) is 103 Å². The maximum atomic E-state index is 12.2. The Morgan fingerprint density at radius 3 is 1.73 bits per heavy atom. The average molecular weight is 650 g/mol. The van der Waals surface area contributed by atoms with Crippen molar-refractivity contribution < 1.29 is 47.8 Å². The van der Waals surface area contributed by atoms with Crippen LogP contribution in [0.25, 0.3) is 0 Å². The lowest BCUT2D eigenvalue weighted by molar-refractivity contribution is -0.147. The van der Waals surface area contributed by atoms with Crippen LogP contribution in [0, 0.1) is 0 Å². The number of esters is 1. The van der Waals surface area contributed by atoms with Crippen LogP contribution in [0.1, 0.15) is 142 Å². The third-order valence-corrected chi connectivity index (χ3v) is 8.01. The first-order valence-corrected chi connectivity index (χ1v) is 18.2. The minimum atomic E-state index is -4.73. The van der Waals surface area contributed by atoms with Gasteiger partial charge in [0.25, 0.3) is 0 Å². The summed E-state index contributed by atoms with van der Waals surface area (Å²) in [5, 5.41) is 21.5. The third kappa shape index (κ3) is 27.7. The highest BCUT2D eigenvalue weighted by Gasteiger charge is 2.28. The molecule has 3 atom stereocenters. The number of carboxylic acids is 1. The van der Waals surface area contributed by atoms with Gasteiger partial charge in [0, 0.05) is 12.8 Å². The molecule has 0 saturated carbocycles. The van der Waals surface area contributed by atoms with Gasteiger partial charge in [0.1, 0.15) is 12.7 Å². The zero-order valence-electron chi connectivity index (χ0n) is 27.2. The van der Waals surface area contributed by atoms with Crippen LogP contribution in [0.3, 0.4) is 0 Å². The maximum Gasteiger partial charge on any atom is 0.472 e. The topological polar surface area (TPSA) is 169 Å². The van der Waals surface area contributed by atoms with Gasteiger partial charge in [-0.05, 0) is 38.5 Å². The number of ether oxygens (including phenoxy) is 1. The molecular weight excluding hydrogens is 589 g/mol. The Balaban J connectivity index is 4.02. The normalized spacial score (nSPS) is 14.3. The predicted molar refractivity (Wildman–Crippen MR) is 171 cm³/mol. The predicted octanol–water partition coefficient (Wildman–Crippen LogP) is 6.99. The fourth-order valence-electron chi connectivity index (χ4n) is 4.37. The number of phosphoric acid groups is 1. The molecule has 12 heteroatoms. The van der Waals surface area contributed by atoms with Crippen LogP contribution in [0.15, 0.2) is 12.2 Å². The molecule has 0 aromatic rings. The van der Waals surface area contributed by atoms with Gasteiger partial charge in [-0.15, -0.1) is 0 Å². The first-order valence-electron chi connectivity index (χ1n) is 16.7.